The zero-order valence-electron chi connectivity index (χ0n) is 27.0. The third-order valence-electron chi connectivity index (χ3n) is 10.7. The average Bonchev–Trinajstić information content (AvgIpc) is 2.92. The van der Waals surface area contributed by atoms with Crippen LogP contribution in [0.5, 0.6) is 5.75 Å². The summed E-state index contributed by atoms with van der Waals surface area (Å²) in [5, 5.41) is 23.8. The highest BCUT2D eigenvalue weighted by Gasteiger charge is 2.76. The Morgan fingerprint density at radius 3 is 2.13 bits per heavy atom. The third-order valence-corrected chi connectivity index (χ3v) is 10.7. The number of aliphatic hydroxyl groups is 1. The van der Waals surface area contributed by atoms with Crippen LogP contribution in [0, 0.1) is 34.5 Å². The Morgan fingerprint density at radius 2 is 1.58 bits per heavy atom. The quantitative estimate of drug-likeness (QED) is 0.432. The lowest BCUT2D eigenvalue weighted by Crippen LogP contribution is -2.76. The predicted molar refractivity (Wildman–Crippen MR) is 166 cm³/mol. The van der Waals surface area contributed by atoms with Gasteiger partial charge in [-0.05, 0) is 53.7 Å². The highest BCUT2D eigenvalue weighted by Crippen LogP contribution is 2.64. The number of carbonyl (C=O) groups excluding carboxylic acids is 6. The van der Waals surface area contributed by atoms with E-state index in [1.165, 1.54) is 0 Å². The van der Waals surface area contributed by atoms with Crippen LogP contribution in [0.25, 0.3) is 0 Å². The molecule has 0 saturated heterocycles. The van der Waals surface area contributed by atoms with E-state index in [9.17, 15) is 39.0 Å². The van der Waals surface area contributed by atoms with Crippen LogP contribution in [0.3, 0.4) is 0 Å². The van der Waals surface area contributed by atoms with E-state index >= 15 is 0 Å². The first-order valence-electron chi connectivity index (χ1n) is 15.7. The third kappa shape index (κ3) is 4.67. The van der Waals surface area contributed by atoms with Crippen LogP contribution >= 0.6 is 0 Å². The highest BCUT2D eigenvalue weighted by atomic mass is 16.3. The van der Waals surface area contributed by atoms with E-state index in [0.717, 1.165) is 18.1 Å². The summed E-state index contributed by atoms with van der Waals surface area (Å²) >= 11 is 0. The Bertz CT molecular complexity index is 1650. The first-order chi connectivity index (χ1) is 20.9. The van der Waals surface area contributed by atoms with E-state index in [2.05, 4.69) is 0 Å². The van der Waals surface area contributed by atoms with Gasteiger partial charge in [0.15, 0.2) is 28.7 Å². The lowest BCUT2D eigenvalue weighted by atomic mass is 9.39. The standard InChI is InChI=1S/C37H42O8/c1-18(2)24-15-22(14-23(39)13-21-11-9-8-10-12-21)30(40)27-25(24)16-35(6)17-36(7)28(19(3)4)31(41)26(20(5)38)33(43)37(36,45)34(44)29(35)32(27)42/h8-12,15,18-19,26,28-29,40,45H,13-14,16-17H2,1-7H3/t26?,28?,29?,35-,36-,37+/m1/s1. The number of fused-ring (bicyclic) bond motifs is 3. The number of phenolic OH excluding ortho intramolecular Hbond substituents is 1. The number of hydrogen-bond acceptors (Lipinski definition) is 8. The second kappa shape index (κ2) is 10.9. The van der Waals surface area contributed by atoms with E-state index in [1.54, 1.807) is 33.8 Å². The van der Waals surface area contributed by atoms with Crippen molar-refractivity contribution in [2.24, 2.45) is 34.5 Å². The fourth-order valence-electron chi connectivity index (χ4n) is 9.04. The fourth-order valence-corrected chi connectivity index (χ4v) is 9.04. The highest BCUT2D eigenvalue weighted by molar-refractivity contribution is 6.32. The number of benzene rings is 2. The summed E-state index contributed by atoms with van der Waals surface area (Å²) in [4.78, 5) is 82.3. The van der Waals surface area contributed by atoms with Gasteiger partial charge in [0.1, 0.15) is 23.2 Å². The van der Waals surface area contributed by atoms with Gasteiger partial charge in [-0.1, -0.05) is 77.9 Å². The van der Waals surface area contributed by atoms with Crippen molar-refractivity contribution >= 4 is 34.7 Å². The van der Waals surface area contributed by atoms with Crippen LogP contribution in [0.4, 0.5) is 0 Å². The van der Waals surface area contributed by atoms with Crippen LogP contribution in [0.1, 0.15) is 93.4 Å². The molecule has 238 valence electrons. The molecule has 2 aromatic rings. The van der Waals surface area contributed by atoms with Crippen molar-refractivity contribution in [2.75, 3.05) is 0 Å². The Balaban J connectivity index is 1.65. The summed E-state index contributed by atoms with van der Waals surface area (Å²) in [6, 6.07) is 11.0. The molecular weight excluding hydrogens is 572 g/mol. The largest absolute Gasteiger partial charge is 0.507 e. The van der Waals surface area contributed by atoms with Crippen LogP contribution in [0.15, 0.2) is 36.4 Å². The van der Waals surface area contributed by atoms with Crippen LogP contribution in [-0.4, -0.2) is 50.5 Å². The van der Waals surface area contributed by atoms with Gasteiger partial charge in [-0.25, -0.2) is 0 Å². The van der Waals surface area contributed by atoms with Gasteiger partial charge in [0.2, 0.25) is 0 Å². The lowest BCUT2D eigenvalue weighted by molar-refractivity contribution is -0.205. The summed E-state index contributed by atoms with van der Waals surface area (Å²) in [7, 11) is 0. The molecule has 2 saturated carbocycles. The second-order valence-electron chi connectivity index (χ2n) is 14.7. The molecule has 2 fully saturated rings. The molecule has 2 N–H and O–H groups in total. The Labute approximate surface area is 263 Å². The molecular formula is C37H42O8. The fraction of sp³-hybridized carbons (Fsp3) is 0.514. The molecule has 0 heterocycles. The molecule has 3 aliphatic rings. The molecule has 8 heteroatoms. The van der Waals surface area contributed by atoms with Crippen molar-refractivity contribution in [2.45, 2.75) is 85.7 Å². The summed E-state index contributed by atoms with van der Waals surface area (Å²) in [5.41, 5.74) is -3.03. The van der Waals surface area contributed by atoms with E-state index in [-0.39, 0.29) is 54.3 Å². The number of rotatable bonds is 7. The first-order valence-corrected chi connectivity index (χ1v) is 15.7. The molecule has 2 aromatic carbocycles. The van der Waals surface area contributed by atoms with Gasteiger partial charge in [-0.3, -0.25) is 28.8 Å². The van der Waals surface area contributed by atoms with Gasteiger partial charge >= 0.3 is 0 Å². The van der Waals surface area contributed by atoms with Gasteiger partial charge in [-0.2, -0.15) is 0 Å². The molecule has 0 bridgehead atoms. The molecule has 0 aromatic heterocycles. The number of ketones is 6. The van der Waals surface area contributed by atoms with Gasteiger partial charge in [0, 0.05) is 29.7 Å². The summed E-state index contributed by atoms with van der Waals surface area (Å²) < 4.78 is 0. The number of aromatic hydroxyl groups is 1. The average molecular weight is 615 g/mol. The minimum Gasteiger partial charge on any atom is -0.507 e. The van der Waals surface area contributed by atoms with Crippen molar-refractivity contribution in [3.05, 3.63) is 64.2 Å². The molecule has 6 atom stereocenters. The number of phenols is 1. The van der Waals surface area contributed by atoms with Crippen molar-refractivity contribution in [3.8, 4) is 5.75 Å². The molecule has 3 unspecified atom stereocenters. The maximum atomic E-state index is 14.5. The summed E-state index contributed by atoms with van der Waals surface area (Å²) in [6.07, 6.45) is 0.190. The van der Waals surface area contributed by atoms with Crippen molar-refractivity contribution in [1.82, 2.24) is 0 Å². The van der Waals surface area contributed by atoms with Crippen molar-refractivity contribution in [1.29, 1.82) is 0 Å². The number of hydrogen-bond donors (Lipinski definition) is 2. The zero-order chi connectivity index (χ0) is 33.4. The Hall–Kier alpha value is -3.78. The molecule has 0 radical (unpaired) electrons. The maximum absolute atomic E-state index is 14.5. The Kier molecular flexibility index (Phi) is 7.92. The minimum atomic E-state index is -2.75. The van der Waals surface area contributed by atoms with E-state index in [0.29, 0.717) is 5.56 Å². The summed E-state index contributed by atoms with van der Waals surface area (Å²) in [5.74, 6) is -9.58. The van der Waals surface area contributed by atoms with Gasteiger partial charge in [0.05, 0.1) is 11.5 Å². The first kappa shape index (κ1) is 32.6. The molecule has 8 nitrogen and oxygen atoms in total. The Morgan fingerprint density at radius 1 is 0.956 bits per heavy atom. The second-order valence-corrected chi connectivity index (χ2v) is 14.7. The SMILES string of the molecule is CC(=O)C1C(=O)C(C(C)C)[C@@]2(C)C[C@@]3(C)Cc4c(C(C)C)cc(CC(=O)Cc5ccccc5)c(O)c4C(=O)C3C(=O)[C@@]2(O)C1=O. The van der Waals surface area contributed by atoms with E-state index < -0.39 is 69.0 Å². The van der Waals surface area contributed by atoms with Gasteiger partial charge < -0.3 is 10.2 Å². The van der Waals surface area contributed by atoms with Crippen molar-refractivity contribution in [3.63, 3.8) is 0 Å². The minimum absolute atomic E-state index is 0.00134. The van der Waals surface area contributed by atoms with Crippen molar-refractivity contribution < 1.29 is 39.0 Å². The number of carbonyl (C=O) groups is 6. The molecule has 3 aliphatic carbocycles. The lowest BCUT2D eigenvalue weighted by Gasteiger charge is -2.62. The summed E-state index contributed by atoms with van der Waals surface area (Å²) in [6.45, 7) is 11.8. The molecule has 0 aliphatic heterocycles. The topological polar surface area (TPSA) is 143 Å². The normalized spacial score (nSPS) is 31.1. The van der Waals surface area contributed by atoms with Crippen LogP contribution < -0.4 is 0 Å². The van der Waals surface area contributed by atoms with Gasteiger partial charge in [0.25, 0.3) is 0 Å². The molecule has 5 rings (SSSR count). The monoisotopic (exact) mass is 614 g/mol. The maximum Gasteiger partial charge on any atom is 0.190 e. The smallest absolute Gasteiger partial charge is 0.190 e. The van der Waals surface area contributed by atoms with E-state index in [4.69, 9.17) is 0 Å². The molecule has 45 heavy (non-hydrogen) atoms. The van der Waals surface area contributed by atoms with E-state index in [1.807, 2.05) is 44.2 Å². The predicted octanol–water partition coefficient (Wildman–Crippen LogP) is 4.57. The molecule has 0 spiro atoms. The zero-order valence-corrected chi connectivity index (χ0v) is 27.0. The van der Waals surface area contributed by atoms with Crippen LogP contribution in [0.2, 0.25) is 0 Å². The van der Waals surface area contributed by atoms with Gasteiger partial charge in [-0.15, -0.1) is 0 Å². The number of Topliss-reactive ketones (excluding diaryl/α,β-unsaturated/α-hetero) is 6. The molecule has 0 amide bonds. The van der Waals surface area contributed by atoms with Crippen LogP contribution in [-0.2, 0) is 43.2 Å².